The molecule has 3 heterocycles. The normalized spacial score (nSPS) is 28.1. The molecule has 5 rings (SSSR count). The minimum Gasteiger partial charge on any atom is -0.459 e. The van der Waals surface area contributed by atoms with Crippen LogP contribution >= 0.6 is 0 Å². The van der Waals surface area contributed by atoms with Crippen LogP contribution in [0.5, 0.6) is 0 Å². The highest BCUT2D eigenvalue weighted by molar-refractivity contribution is 5.81. The van der Waals surface area contributed by atoms with Gasteiger partial charge in [-0.05, 0) is 55.9 Å². The van der Waals surface area contributed by atoms with E-state index >= 15 is 0 Å². The van der Waals surface area contributed by atoms with Crippen LogP contribution in [0.2, 0.25) is 0 Å². The number of nitrogens with zero attached hydrogens (tertiary/aromatic N) is 2. The Balaban J connectivity index is 1.39. The summed E-state index contributed by atoms with van der Waals surface area (Å²) in [4.78, 5) is 7.00. The number of aryl methyl sites for hydroxylation is 2. The summed E-state index contributed by atoms with van der Waals surface area (Å²) in [7, 11) is 0. The van der Waals surface area contributed by atoms with Gasteiger partial charge < -0.3 is 9.52 Å². The highest BCUT2D eigenvalue weighted by Gasteiger charge is 2.53. The average Bonchev–Trinajstić information content (AvgIpc) is 3.31. The number of pyridine rings is 1. The largest absolute Gasteiger partial charge is 0.459 e. The Morgan fingerprint density at radius 2 is 2.04 bits per heavy atom. The SMILES string of the molecule is Cc1cccnc1[C@]1(O)CC[C@H]2CN(Cc3oc4ccccc4c3C)C[C@H]21. The molecule has 140 valence electrons. The van der Waals surface area contributed by atoms with Gasteiger partial charge in [0.2, 0.25) is 0 Å². The van der Waals surface area contributed by atoms with E-state index in [1.807, 2.05) is 18.2 Å². The van der Waals surface area contributed by atoms with Crippen LogP contribution in [-0.4, -0.2) is 28.1 Å². The number of furan rings is 1. The van der Waals surface area contributed by atoms with Crippen molar-refractivity contribution in [1.29, 1.82) is 0 Å². The first-order valence-corrected chi connectivity index (χ1v) is 9.90. The second-order valence-electron chi connectivity index (χ2n) is 8.34. The molecule has 0 radical (unpaired) electrons. The van der Waals surface area contributed by atoms with Crippen molar-refractivity contribution in [3.8, 4) is 0 Å². The number of likely N-dealkylation sites (tertiary alicyclic amines) is 1. The van der Waals surface area contributed by atoms with Crippen LogP contribution in [0.25, 0.3) is 11.0 Å². The number of hydrogen-bond acceptors (Lipinski definition) is 4. The van der Waals surface area contributed by atoms with Gasteiger partial charge in [0.15, 0.2) is 0 Å². The van der Waals surface area contributed by atoms with Gasteiger partial charge in [0.25, 0.3) is 0 Å². The molecule has 1 saturated carbocycles. The molecule has 2 aromatic heterocycles. The lowest BCUT2D eigenvalue weighted by molar-refractivity contribution is -0.0116. The van der Waals surface area contributed by atoms with Crippen LogP contribution in [-0.2, 0) is 12.1 Å². The Labute approximate surface area is 159 Å². The van der Waals surface area contributed by atoms with Gasteiger partial charge in [-0.1, -0.05) is 24.3 Å². The number of para-hydroxylation sites is 1. The number of fused-ring (bicyclic) bond motifs is 2. The zero-order valence-corrected chi connectivity index (χ0v) is 16.0. The third kappa shape index (κ3) is 2.62. The molecule has 3 atom stereocenters. The van der Waals surface area contributed by atoms with E-state index in [2.05, 4.69) is 41.9 Å². The van der Waals surface area contributed by atoms with E-state index in [-0.39, 0.29) is 5.92 Å². The maximum absolute atomic E-state index is 11.6. The van der Waals surface area contributed by atoms with Crippen molar-refractivity contribution in [3.05, 3.63) is 65.2 Å². The van der Waals surface area contributed by atoms with E-state index in [0.29, 0.717) is 5.92 Å². The van der Waals surface area contributed by atoms with Crippen LogP contribution in [0.3, 0.4) is 0 Å². The van der Waals surface area contributed by atoms with Crippen molar-refractivity contribution >= 4 is 11.0 Å². The van der Waals surface area contributed by atoms with Gasteiger partial charge in [-0.15, -0.1) is 0 Å². The molecule has 3 aromatic rings. The Bertz CT molecular complexity index is 995. The minimum absolute atomic E-state index is 0.246. The first kappa shape index (κ1) is 17.0. The molecule has 1 aliphatic heterocycles. The molecule has 2 fully saturated rings. The molecule has 1 aromatic carbocycles. The quantitative estimate of drug-likeness (QED) is 0.760. The van der Waals surface area contributed by atoms with E-state index in [1.54, 1.807) is 6.20 Å². The van der Waals surface area contributed by atoms with Gasteiger partial charge in [0, 0.05) is 30.6 Å². The van der Waals surface area contributed by atoms with E-state index in [0.717, 1.165) is 55.1 Å². The fourth-order valence-corrected chi connectivity index (χ4v) is 5.33. The molecular formula is C23H26N2O2. The first-order chi connectivity index (χ1) is 13.1. The van der Waals surface area contributed by atoms with Crippen LogP contribution in [0.1, 0.15) is 35.4 Å². The molecule has 0 unspecified atom stereocenters. The standard InChI is InChI=1S/C23H26N2O2/c1-15-6-5-11-24-22(15)23(26)10-9-17-12-25(13-19(17)23)14-21-16(2)18-7-3-4-8-20(18)27-21/h3-8,11,17,19,26H,9-10,12-14H2,1-2H3/t17-,19+,23-/m0/s1. The van der Waals surface area contributed by atoms with Crippen LogP contribution in [0.4, 0.5) is 0 Å². The molecule has 1 aliphatic carbocycles. The lowest BCUT2D eigenvalue weighted by Crippen LogP contribution is -2.36. The maximum Gasteiger partial charge on any atom is 0.134 e. The lowest BCUT2D eigenvalue weighted by Gasteiger charge is -2.30. The van der Waals surface area contributed by atoms with Gasteiger partial charge in [-0.3, -0.25) is 9.88 Å². The number of rotatable bonds is 3. The monoisotopic (exact) mass is 362 g/mol. The Hall–Kier alpha value is -2.17. The molecule has 2 aliphatic rings. The minimum atomic E-state index is -0.798. The second-order valence-corrected chi connectivity index (χ2v) is 8.34. The topological polar surface area (TPSA) is 49.5 Å². The third-order valence-corrected chi connectivity index (χ3v) is 6.76. The molecule has 1 N–H and O–H groups in total. The Morgan fingerprint density at radius 1 is 1.19 bits per heavy atom. The van der Waals surface area contributed by atoms with E-state index in [1.165, 1.54) is 10.9 Å². The zero-order chi connectivity index (χ0) is 18.6. The first-order valence-electron chi connectivity index (χ1n) is 9.90. The number of benzene rings is 1. The Morgan fingerprint density at radius 3 is 2.85 bits per heavy atom. The molecule has 0 spiro atoms. The predicted octanol–water partition coefficient (Wildman–Crippen LogP) is 4.17. The highest BCUT2D eigenvalue weighted by atomic mass is 16.3. The molecular weight excluding hydrogens is 336 g/mol. The van der Waals surface area contributed by atoms with E-state index in [4.69, 9.17) is 4.42 Å². The van der Waals surface area contributed by atoms with Gasteiger partial charge in [0.05, 0.1) is 12.2 Å². The van der Waals surface area contributed by atoms with Crippen molar-refractivity contribution < 1.29 is 9.52 Å². The zero-order valence-electron chi connectivity index (χ0n) is 16.0. The van der Waals surface area contributed by atoms with Crippen LogP contribution in [0, 0.1) is 25.7 Å². The summed E-state index contributed by atoms with van der Waals surface area (Å²) in [6.07, 6.45) is 3.68. The predicted molar refractivity (Wildman–Crippen MR) is 105 cm³/mol. The van der Waals surface area contributed by atoms with Crippen molar-refractivity contribution in [2.24, 2.45) is 11.8 Å². The van der Waals surface area contributed by atoms with Gasteiger partial charge in [-0.2, -0.15) is 0 Å². The van der Waals surface area contributed by atoms with E-state index < -0.39 is 5.60 Å². The van der Waals surface area contributed by atoms with Gasteiger partial charge in [-0.25, -0.2) is 0 Å². The highest BCUT2D eigenvalue weighted by Crippen LogP contribution is 2.50. The molecule has 27 heavy (non-hydrogen) atoms. The second kappa shape index (κ2) is 6.18. The molecule has 4 nitrogen and oxygen atoms in total. The fraction of sp³-hybridized carbons (Fsp3) is 0.435. The summed E-state index contributed by atoms with van der Waals surface area (Å²) in [5, 5.41) is 12.8. The summed E-state index contributed by atoms with van der Waals surface area (Å²) in [6.45, 7) is 6.93. The van der Waals surface area contributed by atoms with Crippen molar-refractivity contribution in [3.63, 3.8) is 0 Å². The van der Waals surface area contributed by atoms with E-state index in [9.17, 15) is 5.11 Å². The molecule has 4 heteroatoms. The summed E-state index contributed by atoms with van der Waals surface area (Å²) in [5.41, 5.74) is 3.36. The van der Waals surface area contributed by atoms with Crippen molar-refractivity contribution in [1.82, 2.24) is 9.88 Å². The maximum atomic E-state index is 11.6. The number of hydrogen-bond donors (Lipinski definition) is 1. The fourth-order valence-electron chi connectivity index (χ4n) is 5.33. The van der Waals surface area contributed by atoms with Crippen molar-refractivity contribution in [2.75, 3.05) is 13.1 Å². The van der Waals surface area contributed by atoms with Crippen LogP contribution < -0.4 is 0 Å². The summed E-state index contributed by atoms with van der Waals surface area (Å²) >= 11 is 0. The number of aromatic nitrogens is 1. The molecule has 0 bridgehead atoms. The smallest absolute Gasteiger partial charge is 0.134 e. The van der Waals surface area contributed by atoms with Crippen molar-refractivity contribution in [2.45, 2.75) is 38.8 Å². The lowest BCUT2D eigenvalue weighted by atomic mass is 9.83. The summed E-state index contributed by atoms with van der Waals surface area (Å²) in [5.74, 6) is 1.82. The third-order valence-electron chi connectivity index (χ3n) is 6.76. The number of aliphatic hydroxyl groups is 1. The average molecular weight is 362 g/mol. The van der Waals surface area contributed by atoms with Gasteiger partial charge in [0.1, 0.15) is 16.9 Å². The summed E-state index contributed by atoms with van der Waals surface area (Å²) < 4.78 is 6.12. The van der Waals surface area contributed by atoms with Crippen LogP contribution in [0.15, 0.2) is 47.0 Å². The Kier molecular flexibility index (Phi) is 3.88. The summed E-state index contributed by atoms with van der Waals surface area (Å²) in [6, 6.07) is 12.2. The molecule has 1 saturated heterocycles. The van der Waals surface area contributed by atoms with Gasteiger partial charge >= 0.3 is 0 Å². The molecule has 0 amide bonds.